The van der Waals surface area contributed by atoms with E-state index in [1.807, 2.05) is 0 Å². The van der Waals surface area contributed by atoms with E-state index >= 15 is 0 Å². The van der Waals surface area contributed by atoms with Gasteiger partial charge in [-0.2, -0.15) is 11.8 Å². The predicted octanol–water partition coefficient (Wildman–Crippen LogP) is 5.35. The second-order valence-corrected chi connectivity index (χ2v) is 8.67. The van der Waals surface area contributed by atoms with Crippen LogP contribution in [-0.4, -0.2) is 23.6 Å². The lowest BCUT2D eigenvalue weighted by Crippen LogP contribution is -2.45. The van der Waals surface area contributed by atoms with Gasteiger partial charge in [0, 0.05) is 11.3 Å². The fourth-order valence-corrected chi connectivity index (χ4v) is 4.86. The standard InChI is InChI=1S/C18H37NS/c1-7-14(4)13-20-17-12-15(18(5,6)8-2)10-11-16(17)19-9-3/h14-17,19H,7-13H2,1-6H3. The molecule has 0 aromatic carbocycles. The molecule has 120 valence electrons. The van der Waals surface area contributed by atoms with E-state index in [0.717, 1.165) is 29.7 Å². The van der Waals surface area contributed by atoms with Crippen LogP contribution in [0.3, 0.4) is 0 Å². The van der Waals surface area contributed by atoms with Crippen LogP contribution in [0.25, 0.3) is 0 Å². The third-order valence-electron chi connectivity index (χ3n) is 5.57. The highest BCUT2D eigenvalue weighted by Gasteiger charge is 2.37. The maximum absolute atomic E-state index is 3.75. The Bertz CT molecular complexity index is 264. The molecule has 0 radical (unpaired) electrons. The van der Waals surface area contributed by atoms with Gasteiger partial charge in [0.15, 0.2) is 0 Å². The summed E-state index contributed by atoms with van der Waals surface area (Å²) in [6.07, 6.45) is 6.83. The van der Waals surface area contributed by atoms with E-state index in [9.17, 15) is 0 Å². The quantitative estimate of drug-likeness (QED) is 0.648. The first-order valence-electron chi connectivity index (χ1n) is 8.79. The smallest absolute Gasteiger partial charge is 0.0204 e. The zero-order valence-corrected chi connectivity index (χ0v) is 15.5. The Kier molecular flexibility index (Phi) is 7.97. The molecule has 1 rings (SSSR count). The van der Waals surface area contributed by atoms with Crippen LogP contribution in [-0.2, 0) is 0 Å². The molecule has 0 amide bonds. The van der Waals surface area contributed by atoms with Crippen molar-refractivity contribution in [3.05, 3.63) is 0 Å². The topological polar surface area (TPSA) is 12.0 Å². The molecule has 0 bridgehead atoms. The number of thioether (sulfide) groups is 1. The molecule has 1 N–H and O–H groups in total. The van der Waals surface area contributed by atoms with Crippen molar-refractivity contribution in [3.8, 4) is 0 Å². The van der Waals surface area contributed by atoms with Crippen LogP contribution in [0.5, 0.6) is 0 Å². The second-order valence-electron chi connectivity index (χ2n) is 7.40. The Morgan fingerprint density at radius 3 is 2.45 bits per heavy atom. The average Bonchev–Trinajstić information content (AvgIpc) is 2.45. The van der Waals surface area contributed by atoms with Crippen molar-refractivity contribution >= 4 is 11.8 Å². The molecule has 0 spiro atoms. The Hall–Kier alpha value is 0.310. The Morgan fingerprint density at radius 1 is 1.20 bits per heavy atom. The van der Waals surface area contributed by atoms with Crippen LogP contribution in [0.4, 0.5) is 0 Å². The van der Waals surface area contributed by atoms with E-state index in [4.69, 9.17) is 0 Å². The summed E-state index contributed by atoms with van der Waals surface area (Å²) in [4.78, 5) is 0. The average molecular weight is 300 g/mol. The summed E-state index contributed by atoms with van der Waals surface area (Å²) in [5, 5.41) is 4.57. The number of hydrogen-bond acceptors (Lipinski definition) is 2. The number of nitrogens with one attached hydrogen (secondary N) is 1. The van der Waals surface area contributed by atoms with Gasteiger partial charge in [0.05, 0.1) is 0 Å². The van der Waals surface area contributed by atoms with Gasteiger partial charge in [0.1, 0.15) is 0 Å². The maximum atomic E-state index is 3.75. The molecule has 0 aliphatic heterocycles. The Balaban J connectivity index is 2.61. The summed E-state index contributed by atoms with van der Waals surface area (Å²) < 4.78 is 0. The fraction of sp³-hybridized carbons (Fsp3) is 1.00. The first kappa shape index (κ1) is 18.4. The molecule has 0 saturated heterocycles. The van der Waals surface area contributed by atoms with Crippen LogP contribution in [0.15, 0.2) is 0 Å². The Labute approximate surface area is 132 Å². The van der Waals surface area contributed by atoms with E-state index in [1.54, 1.807) is 0 Å². The van der Waals surface area contributed by atoms with Gasteiger partial charge < -0.3 is 5.32 Å². The second kappa shape index (κ2) is 8.68. The monoisotopic (exact) mass is 299 g/mol. The lowest BCUT2D eigenvalue weighted by Gasteiger charge is -2.43. The third kappa shape index (κ3) is 5.26. The van der Waals surface area contributed by atoms with Gasteiger partial charge in [-0.15, -0.1) is 0 Å². The zero-order chi connectivity index (χ0) is 15.2. The third-order valence-corrected chi connectivity index (χ3v) is 7.28. The van der Waals surface area contributed by atoms with Crippen molar-refractivity contribution in [2.75, 3.05) is 12.3 Å². The number of hydrogen-bond donors (Lipinski definition) is 1. The van der Waals surface area contributed by atoms with Gasteiger partial charge in [-0.25, -0.2) is 0 Å². The van der Waals surface area contributed by atoms with Crippen LogP contribution in [0.1, 0.15) is 73.6 Å². The number of rotatable bonds is 8. The van der Waals surface area contributed by atoms with Gasteiger partial charge in [-0.3, -0.25) is 0 Å². The molecular formula is C18H37NS. The molecule has 1 nitrogen and oxygen atoms in total. The first-order valence-corrected chi connectivity index (χ1v) is 9.84. The molecule has 0 aromatic heterocycles. The van der Waals surface area contributed by atoms with E-state index in [-0.39, 0.29) is 0 Å². The van der Waals surface area contributed by atoms with Crippen molar-refractivity contribution in [3.63, 3.8) is 0 Å². The van der Waals surface area contributed by atoms with Gasteiger partial charge in [0.25, 0.3) is 0 Å². The predicted molar refractivity (Wildman–Crippen MR) is 94.6 cm³/mol. The largest absolute Gasteiger partial charge is 0.313 e. The van der Waals surface area contributed by atoms with Gasteiger partial charge in [-0.1, -0.05) is 54.4 Å². The molecule has 2 heteroatoms. The minimum Gasteiger partial charge on any atom is -0.313 e. The van der Waals surface area contributed by atoms with Crippen molar-refractivity contribution in [2.45, 2.75) is 84.9 Å². The van der Waals surface area contributed by atoms with Gasteiger partial charge in [-0.05, 0) is 48.8 Å². The van der Waals surface area contributed by atoms with Crippen molar-refractivity contribution in [2.24, 2.45) is 17.3 Å². The molecule has 4 atom stereocenters. The molecule has 0 heterocycles. The summed E-state index contributed by atoms with van der Waals surface area (Å²) in [6, 6.07) is 0.748. The SMILES string of the molecule is CCNC1CCC(C(C)(C)CC)CC1SCC(C)CC. The summed E-state index contributed by atoms with van der Waals surface area (Å²) in [5.74, 6) is 3.11. The van der Waals surface area contributed by atoms with Crippen LogP contribution < -0.4 is 5.32 Å². The van der Waals surface area contributed by atoms with E-state index in [1.165, 1.54) is 37.9 Å². The van der Waals surface area contributed by atoms with Crippen molar-refractivity contribution < 1.29 is 0 Å². The highest BCUT2D eigenvalue weighted by Crippen LogP contribution is 2.43. The molecule has 1 aliphatic carbocycles. The van der Waals surface area contributed by atoms with E-state index < -0.39 is 0 Å². The van der Waals surface area contributed by atoms with Crippen molar-refractivity contribution in [1.82, 2.24) is 5.32 Å². The summed E-state index contributed by atoms with van der Waals surface area (Å²) in [5.41, 5.74) is 0.520. The molecular weight excluding hydrogens is 262 g/mol. The molecule has 0 aromatic rings. The molecule has 1 saturated carbocycles. The first-order chi connectivity index (χ1) is 9.44. The summed E-state index contributed by atoms with van der Waals surface area (Å²) in [7, 11) is 0. The van der Waals surface area contributed by atoms with Crippen molar-refractivity contribution in [1.29, 1.82) is 0 Å². The zero-order valence-electron chi connectivity index (χ0n) is 14.7. The van der Waals surface area contributed by atoms with Gasteiger partial charge >= 0.3 is 0 Å². The molecule has 1 fully saturated rings. The fourth-order valence-electron chi connectivity index (χ4n) is 3.21. The van der Waals surface area contributed by atoms with Crippen LogP contribution >= 0.6 is 11.8 Å². The molecule has 20 heavy (non-hydrogen) atoms. The highest BCUT2D eigenvalue weighted by atomic mass is 32.2. The normalized spacial score (nSPS) is 29.4. The minimum absolute atomic E-state index is 0.520. The lowest BCUT2D eigenvalue weighted by atomic mass is 9.68. The molecule has 1 aliphatic rings. The summed E-state index contributed by atoms with van der Waals surface area (Å²) in [6.45, 7) is 15.4. The maximum Gasteiger partial charge on any atom is 0.0204 e. The van der Waals surface area contributed by atoms with Crippen LogP contribution in [0, 0.1) is 17.3 Å². The molecule has 4 unspecified atom stereocenters. The Morgan fingerprint density at radius 2 is 1.90 bits per heavy atom. The van der Waals surface area contributed by atoms with E-state index in [2.05, 4.69) is 58.6 Å². The highest BCUT2D eigenvalue weighted by molar-refractivity contribution is 7.99. The van der Waals surface area contributed by atoms with Gasteiger partial charge in [0.2, 0.25) is 0 Å². The van der Waals surface area contributed by atoms with E-state index in [0.29, 0.717) is 5.41 Å². The summed E-state index contributed by atoms with van der Waals surface area (Å²) >= 11 is 2.25. The lowest BCUT2D eigenvalue weighted by molar-refractivity contribution is 0.141. The van der Waals surface area contributed by atoms with Crippen LogP contribution in [0.2, 0.25) is 0 Å². The minimum atomic E-state index is 0.520.